The Labute approximate surface area is 259 Å². The molecular weight excluding hydrogens is 562 g/mol. The molecule has 0 saturated heterocycles. The Morgan fingerprint density at radius 1 is 0.907 bits per heavy atom. The van der Waals surface area contributed by atoms with Gasteiger partial charge in [0.25, 0.3) is 0 Å². The highest BCUT2D eigenvalue weighted by Crippen LogP contribution is 2.17. The molecular formula is C34H45N3O5S. The number of ether oxygens (including phenoxy) is 2. The van der Waals surface area contributed by atoms with Crippen LogP contribution in [0.4, 0.5) is 10.5 Å². The van der Waals surface area contributed by atoms with E-state index in [-0.39, 0.29) is 17.7 Å². The molecule has 3 atom stereocenters. The quantitative estimate of drug-likeness (QED) is 0.197. The maximum atomic E-state index is 13.6. The molecule has 1 heterocycles. The van der Waals surface area contributed by atoms with Crippen molar-refractivity contribution in [3.63, 3.8) is 0 Å². The summed E-state index contributed by atoms with van der Waals surface area (Å²) in [5.41, 5.74) is 1.02. The van der Waals surface area contributed by atoms with Crippen LogP contribution in [0.5, 0.6) is 5.75 Å². The van der Waals surface area contributed by atoms with E-state index in [1.165, 1.54) is 17.4 Å². The first-order chi connectivity index (χ1) is 20.5. The smallest absolute Gasteiger partial charge is 0.408 e. The Kier molecular flexibility index (Phi) is 14.5. The fourth-order valence-electron chi connectivity index (χ4n) is 4.10. The molecule has 1 unspecified atom stereocenters. The van der Waals surface area contributed by atoms with Crippen molar-refractivity contribution in [1.82, 2.24) is 10.6 Å². The van der Waals surface area contributed by atoms with Gasteiger partial charge in [-0.25, -0.2) is 4.79 Å². The molecule has 0 spiro atoms. The Bertz CT molecular complexity index is 1290. The van der Waals surface area contributed by atoms with E-state index in [1.54, 1.807) is 58.2 Å². The zero-order chi connectivity index (χ0) is 31.8. The van der Waals surface area contributed by atoms with Crippen LogP contribution in [0.3, 0.4) is 0 Å². The van der Waals surface area contributed by atoms with Gasteiger partial charge in [-0.05, 0) is 74.4 Å². The molecule has 232 valence electrons. The number of alkyl carbamates (subject to hydrolysis) is 1. The lowest BCUT2D eigenvalue weighted by Gasteiger charge is -2.27. The second-order valence-corrected chi connectivity index (χ2v) is 11.8. The lowest BCUT2D eigenvalue weighted by Crippen LogP contribution is -2.52. The summed E-state index contributed by atoms with van der Waals surface area (Å²) < 4.78 is 10.6. The minimum atomic E-state index is -0.864. The van der Waals surface area contributed by atoms with Crippen molar-refractivity contribution in [2.75, 3.05) is 12.4 Å². The fraction of sp³-hybridized carbons (Fsp3) is 0.382. The van der Waals surface area contributed by atoms with Crippen LogP contribution in [-0.4, -0.2) is 42.7 Å². The monoisotopic (exact) mass is 607 g/mol. The van der Waals surface area contributed by atoms with Gasteiger partial charge in [0, 0.05) is 23.1 Å². The van der Waals surface area contributed by atoms with E-state index in [0.29, 0.717) is 24.3 Å². The minimum absolute atomic E-state index is 0.0599. The molecule has 43 heavy (non-hydrogen) atoms. The number of hydrogen-bond acceptors (Lipinski definition) is 6. The van der Waals surface area contributed by atoms with Gasteiger partial charge in [0.1, 0.15) is 17.4 Å². The van der Waals surface area contributed by atoms with Gasteiger partial charge in [-0.3, -0.25) is 9.59 Å². The summed E-state index contributed by atoms with van der Waals surface area (Å²) in [6, 6.07) is 19.4. The molecule has 0 aliphatic carbocycles. The van der Waals surface area contributed by atoms with Gasteiger partial charge in [0.05, 0.1) is 13.2 Å². The standard InChI is InChI=1S/C32H39N3O5S.C2H6/c1-22(20-23-10-7-6-8-11-23)27(17-18-29(36)33-24-13-15-25(39-5)16-14-24)34-30(37)28(21-26-12-9-19-41-26)35-31(38)40-32(2,3)4;1-2/h6-19,22,27-28H,20-21H2,1-5H3,(H,33,36)(H,34,37)(H,35,38);1-2H3/b18-17+;/t22?,27-,28+;/m1./s1. The first kappa shape index (κ1) is 35.1. The van der Waals surface area contributed by atoms with Crippen LogP contribution >= 0.6 is 11.3 Å². The van der Waals surface area contributed by atoms with Crippen LogP contribution in [-0.2, 0) is 27.2 Å². The third-order valence-electron chi connectivity index (χ3n) is 6.13. The number of nitrogens with one attached hydrogen (secondary N) is 3. The lowest BCUT2D eigenvalue weighted by atomic mass is 9.93. The molecule has 3 aromatic rings. The molecule has 0 aliphatic heterocycles. The third-order valence-corrected chi connectivity index (χ3v) is 7.03. The van der Waals surface area contributed by atoms with Gasteiger partial charge in [-0.2, -0.15) is 0 Å². The zero-order valence-corrected chi connectivity index (χ0v) is 27.0. The predicted molar refractivity (Wildman–Crippen MR) is 175 cm³/mol. The first-order valence-electron chi connectivity index (χ1n) is 14.5. The van der Waals surface area contributed by atoms with E-state index in [0.717, 1.165) is 10.4 Å². The Balaban J connectivity index is 0.00000316. The number of thiophene rings is 1. The maximum Gasteiger partial charge on any atom is 0.408 e. The average molecular weight is 608 g/mol. The summed E-state index contributed by atoms with van der Waals surface area (Å²) in [7, 11) is 1.58. The van der Waals surface area contributed by atoms with Crippen LogP contribution in [0.25, 0.3) is 0 Å². The summed E-state index contributed by atoms with van der Waals surface area (Å²) in [4.78, 5) is 39.9. The van der Waals surface area contributed by atoms with Crippen LogP contribution in [0, 0.1) is 5.92 Å². The van der Waals surface area contributed by atoms with Gasteiger partial charge < -0.3 is 25.4 Å². The molecule has 0 saturated carbocycles. The predicted octanol–water partition coefficient (Wildman–Crippen LogP) is 6.78. The largest absolute Gasteiger partial charge is 0.497 e. The summed E-state index contributed by atoms with van der Waals surface area (Å²) in [5.74, 6) is -0.0684. The Hall–Kier alpha value is -4.11. The molecule has 0 aliphatic rings. The van der Waals surface area contributed by atoms with E-state index in [9.17, 15) is 14.4 Å². The van der Waals surface area contributed by atoms with Crippen molar-refractivity contribution in [2.45, 2.75) is 72.1 Å². The van der Waals surface area contributed by atoms with Crippen molar-refractivity contribution >= 4 is 34.9 Å². The maximum absolute atomic E-state index is 13.6. The average Bonchev–Trinajstić information content (AvgIpc) is 3.49. The van der Waals surface area contributed by atoms with Crippen molar-refractivity contribution in [3.8, 4) is 5.75 Å². The number of rotatable bonds is 12. The summed E-state index contributed by atoms with van der Waals surface area (Å²) in [6.07, 6.45) is 3.43. The highest BCUT2D eigenvalue weighted by Gasteiger charge is 2.28. The Morgan fingerprint density at radius 3 is 2.16 bits per heavy atom. The highest BCUT2D eigenvalue weighted by molar-refractivity contribution is 7.09. The summed E-state index contributed by atoms with van der Waals surface area (Å²) in [6.45, 7) is 11.3. The SMILES string of the molecule is CC.COc1ccc(NC(=O)/C=C/[C@@H](NC(=O)[C@H](Cc2cccs2)NC(=O)OC(C)(C)C)C(C)Cc2ccccc2)cc1. The molecule has 1 aromatic heterocycles. The number of benzene rings is 2. The number of carbonyl (C=O) groups excluding carboxylic acids is 3. The summed E-state index contributed by atoms with van der Waals surface area (Å²) in [5, 5.41) is 10.5. The van der Waals surface area contributed by atoms with Crippen LogP contribution < -0.4 is 20.7 Å². The molecule has 0 bridgehead atoms. The molecule has 9 heteroatoms. The second-order valence-electron chi connectivity index (χ2n) is 10.8. The highest BCUT2D eigenvalue weighted by atomic mass is 32.1. The summed E-state index contributed by atoms with van der Waals surface area (Å²) >= 11 is 1.51. The van der Waals surface area contributed by atoms with Crippen molar-refractivity contribution in [3.05, 3.63) is 94.7 Å². The van der Waals surface area contributed by atoms with E-state index in [4.69, 9.17) is 9.47 Å². The van der Waals surface area contributed by atoms with Crippen molar-refractivity contribution in [1.29, 1.82) is 0 Å². The Morgan fingerprint density at radius 2 is 1.58 bits per heavy atom. The number of carbonyl (C=O) groups is 3. The molecule has 3 N–H and O–H groups in total. The number of methoxy groups -OCH3 is 1. The van der Waals surface area contributed by atoms with E-state index in [1.807, 2.05) is 68.6 Å². The first-order valence-corrected chi connectivity index (χ1v) is 15.4. The number of amides is 3. The zero-order valence-electron chi connectivity index (χ0n) is 26.2. The molecule has 3 rings (SSSR count). The van der Waals surface area contributed by atoms with E-state index < -0.39 is 23.8 Å². The van der Waals surface area contributed by atoms with Crippen LogP contribution in [0.15, 0.2) is 84.3 Å². The molecule has 0 radical (unpaired) electrons. The normalized spacial score (nSPS) is 13.1. The second kappa shape index (κ2) is 17.8. The number of hydrogen-bond donors (Lipinski definition) is 3. The van der Waals surface area contributed by atoms with E-state index in [2.05, 4.69) is 16.0 Å². The fourth-order valence-corrected chi connectivity index (χ4v) is 4.85. The topological polar surface area (TPSA) is 106 Å². The van der Waals surface area contributed by atoms with E-state index >= 15 is 0 Å². The molecule has 3 amide bonds. The molecule has 2 aromatic carbocycles. The van der Waals surface area contributed by atoms with Crippen LogP contribution in [0.2, 0.25) is 0 Å². The molecule has 8 nitrogen and oxygen atoms in total. The van der Waals surface area contributed by atoms with Gasteiger partial charge in [-0.1, -0.05) is 63.2 Å². The third kappa shape index (κ3) is 13.2. The minimum Gasteiger partial charge on any atom is -0.497 e. The van der Waals surface area contributed by atoms with Crippen molar-refractivity contribution in [2.24, 2.45) is 5.92 Å². The number of anilines is 1. The molecule has 0 fully saturated rings. The van der Waals surface area contributed by atoms with Gasteiger partial charge in [0.2, 0.25) is 11.8 Å². The van der Waals surface area contributed by atoms with Gasteiger partial charge in [-0.15, -0.1) is 11.3 Å². The van der Waals surface area contributed by atoms with Gasteiger partial charge >= 0.3 is 6.09 Å². The van der Waals surface area contributed by atoms with Gasteiger partial charge in [0.15, 0.2) is 0 Å². The lowest BCUT2D eigenvalue weighted by molar-refractivity contribution is -0.124. The van der Waals surface area contributed by atoms with Crippen molar-refractivity contribution < 1.29 is 23.9 Å². The van der Waals surface area contributed by atoms with Crippen LogP contribution in [0.1, 0.15) is 52.0 Å².